The van der Waals surface area contributed by atoms with Crippen molar-refractivity contribution in [1.29, 1.82) is 0 Å². The maximum absolute atomic E-state index is 8.81. The number of nitrogens with zero attached hydrogens (tertiary/aromatic N) is 1. The zero-order chi connectivity index (χ0) is 14.3. The second-order valence-corrected chi connectivity index (χ2v) is 4.90. The topological polar surface area (TPSA) is 76.0 Å². The van der Waals surface area contributed by atoms with Crippen molar-refractivity contribution in [2.75, 3.05) is 39.5 Å². The van der Waals surface area contributed by atoms with Gasteiger partial charge in [0.1, 0.15) is 0 Å². The Balaban J connectivity index is 3.94. The highest BCUT2D eigenvalue weighted by Crippen LogP contribution is 2.00. The van der Waals surface area contributed by atoms with Crippen molar-refractivity contribution in [1.82, 2.24) is 10.2 Å². The first-order valence-electron chi connectivity index (χ1n) is 7.11. The fraction of sp³-hybridized carbons (Fsp3) is 0.923. The molecule has 0 aromatic rings. The van der Waals surface area contributed by atoms with Crippen LogP contribution in [0.3, 0.4) is 0 Å². The van der Waals surface area contributed by atoms with Gasteiger partial charge in [0.25, 0.3) is 0 Å². The summed E-state index contributed by atoms with van der Waals surface area (Å²) in [5.41, 5.74) is 0. The Labute approximate surface area is 121 Å². The van der Waals surface area contributed by atoms with E-state index in [-0.39, 0.29) is 19.8 Å². The summed E-state index contributed by atoms with van der Waals surface area (Å²) in [7, 11) is 0. The molecule has 0 aromatic carbocycles. The van der Waals surface area contributed by atoms with Crippen LogP contribution in [0.25, 0.3) is 0 Å². The van der Waals surface area contributed by atoms with E-state index in [1.54, 1.807) is 0 Å². The summed E-state index contributed by atoms with van der Waals surface area (Å²) in [6.07, 6.45) is 5.07. The van der Waals surface area contributed by atoms with Gasteiger partial charge in [0.15, 0.2) is 5.11 Å². The molecule has 0 rings (SSSR count). The molecule has 0 aliphatic rings. The third-order valence-electron chi connectivity index (χ3n) is 2.82. The van der Waals surface area contributed by atoms with Crippen LogP contribution in [-0.2, 0) is 0 Å². The van der Waals surface area contributed by atoms with Crippen molar-refractivity contribution in [3.8, 4) is 0 Å². The highest BCUT2D eigenvalue weighted by molar-refractivity contribution is 7.80. The average molecular weight is 292 g/mol. The van der Waals surface area contributed by atoms with Crippen LogP contribution in [0.2, 0.25) is 0 Å². The summed E-state index contributed by atoms with van der Waals surface area (Å²) in [6.45, 7) is 3.07. The quantitative estimate of drug-likeness (QED) is 0.310. The third-order valence-corrected chi connectivity index (χ3v) is 3.22. The van der Waals surface area contributed by atoms with Crippen molar-refractivity contribution >= 4 is 17.3 Å². The standard InChI is InChI=1S/C13H28N2O3S/c16-10-4-1-7-14-13(19)15(8-2-5-11-17)9-3-6-12-18/h16-18H,1-12H2,(H,14,19). The summed E-state index contributed by atoms with van der Waals surface area (Å²) in [5.74, 6) is 0. The van der Waals surface area contributed by atoms with Crippen LogP contribution in [0, 0.1) is 0 Å². The van der Waals surface area contributed by atoms with Gasteiger partial charge in [-0.25, -0.2) is 0 Å². The number of rotatable bonds is 12. The molecular weight excluding hydrogens is 264 g/mol. The molecule has 114 valence electrons. The molecule has 0 aromatic heterocycles. The van der Waals surface area contributed by atoms with Gasteiger partial charge < -0.3 is 25.5 Å². The van der Waals surface area contributed by atoms with E-state index in [4.69, 9.17) is 27.5 Å². The van der Waals surface area contributed by atoms with Gasteiger partial charge in [-0.05, 0) is 50.7 Å². The summed E-state index contributed by atoms with van der Waals surface area (Å²) in [6, 6.07) is 0. The lowest BCUT2D eigenvalue weighted by Crippen LogP contribution is -2.41. The average Bonchev–Trinajstić information content (AvgIpc) is 2.42. The largest absolute Gasteiger partial charge is 0.396 e. The maximum Gasteiger partial charge on any atom is 0.168 e. The highest BCUT2D eigenvalue weighted by atomic mass is 32.1. The van der Waals surface area contributed by atoms with E-state index in [2.05, 4.69) is 10.2 Å². The molecule has 0 saturated carbocycles. The van der Waals surface area contributed by atoms with E-state index >= 15 is 0 Å². The minimum Gasteiger partial charge on any atom is -0.396 e. The minimum atomic E-state index is 0.209. The van der Waals surface area contributed by atoms with Crippen molar-refractivity contribution in [3.05, 3.63) is 0 Å². The number of hydrogen-bond acceptors (Lipinski definition) is 4. The molecule has 0 aliphatic carbocycles. The maximum atomic E-state index is 8.81. The zero-order valence-electron chi connectivity index (χ0n) is 11.7. The number of thiocarbonyl (C=S) groups is 1. The minimum absolute atomic E-state index is 0.209. The van der Waals surface area contributed by atoms with Crippen LogP contribution < -0.4 is 5.32 Å². The van der Waals surface area contributed by atoms with Crippen LogP contribution in [-0.4, -0.2) is 64.8 Å². The van der Waals surface area contributed by atoms with Crippen LogP contribution >= 0.6 is 12.2 Å². The van der Waals surface area contributed by atoms with Crippen LogP contribution in [0.1, 0.15) is 38.5 Å². The van der Waals surface area contributed by atoms with Gasteiger partial charge in [-0.2, -0.15) is 0 Å². The van der Waals surface area contributed by atoms with E-state index in [0.717, 1.165) is 63.3 Å². The Kier molecular flexibility index (Phi) is 13.7. The first kappa shape index (κ1) is 18.6. The van der Waals surface area contributed by atoms with Gasteiger partial charge in [0.2, 0.25) is 0 Å². The Morgan fingerprint density at radius 3 is 1.74 bits per heavy atom. The SMILES string of the molecule is OCCCCNC(=S)N(CCCCO)CCCCO. The molecule has 0 spiro atoms. The molecule has 0 radical (unpaired) electrons. The van der Waals surface area contributed by atoms with Gasteiger partial charge in [-0.3, -0.25) is 0 Å². The van der Waals surface area contributed by atoms with Crippen molar-refractivity contribution in [2.45, 2.75) is 38.5 Å². The monoisotopic (exact) mass is 292 g/mol. The lowest BCUT2D eigenvalue weighted by molar-refractivity contribution is 0.264. The normalized spacial score (nSPS) is 10.5. The number of hydrogen-bond donors (Lipinski definition) is 4. The van der Waals surface area contributed by atoms with Crippen molar-refractivity contribution in [3.63, 3.8) is 0 Å². The fourth-order valence-corrected chi connectivity index (χ4v) is 1.97. The number of unbranched alkanes of at least 4 members (excludes halogenated alkanes) is 3. The van der Waals surface area contributed by atoms with Crippen LogP contribution in [0.15, 0.2) is 0 Å². The van der Waals surface area contributed by atoms with Crippen LogP contribution in [0.5, 0.6) is 0 Å². The summed E-state index contributed by atoms with van der Waals surface area (Å²) in [5, 5.41) is 30.2. The zero-order valence-corrected chi connectivity index (χ0v) is 12.5. The highest BCUT2D eigenvalue weighted by Gasteiger charge is 2.08. The second-order valence-electron chi connectivity index (χ2n) is 4.51. The lowest BCUT2D eigenvalue weighted by atomic mass is 10.2. The Bertz CT molecular complexity index is 208. The molecule has 0 heterocycles. The number of aliphatic hydroxyl groups excluding tert-OH is 3. The Morgan fingerprint density at radius 1 is 0.789 bits per heavy atom. The van der Waals surface area contributed by atoms with Crippen molar-refractivity contribution < 1.29 is 15.3 Å². The van der Waals surface area contributed by atoms with Gasteiger partial charge in [-0.1, -0.05) is 0 Å². The fourth-order valence-electron chi connectivity index (χ4n) is 1.69. The second kappa shape index (κ2) is 14.0. The first-order valence-corrected chi connectivity index (χ1v) is 7.52. The van der Waals surface area contributed by atoms with Gasteiger partial charge in [0, 0.05) is 39.5 Å². The number of aliphatic hydroxyl groups is 3. The van der Waals surface area contributed by atoms with E-state index in [0.29, 0.717) is 0 Å². The van der Waals surface area contributed by atoms with Crippen molar-refractivity contribution in [2.24, 2.45) is 0 Å². The Morgan fingerprint density at radius 2 is 1.26 bits per heavy atom. The molecule has 0 atom stereocenters. The Hall–Kier alpha value is -0.430. The molecular formula is C13H28N2O3S. The molecule has 19 heavy (non-hydrogen) atoms. The van der Waals surface area contributed by atoms with Crippen LogP contribution in [0.4, 0.5) is 0 Å². The molecule has 4 N–H and O–H groups in total. The first-order chi connectivity index (χ1) is 9.26. The molecule has 0 unspecified atom stereocenters. The van der Waals surface area contributed by atoms with Gasteiger partial charge in [0.05, 0.1) is 0 Å². The predicted molar refractivity (Wildman–Crippen MR) is 81.1 cm³/mol. The summed E-state index contributed by atoms with van der Waals surface area (Å²) in [4.78, 5) is 2.10. The molecule has 0 fully saturated rings. The van der Waals surface area contributed by atoms with E-state index in [1.807, 2.05) is 0 Å². The lowest BCUT2D eigenvalue weighted by Gasteiger charge is -2.26. The molecule has 6 heteroatoms. The summed E-state index contributed by atoms with van der Waals surface area (Å²) < 4.78 is 0. The molecule has 0 saturated heterocycles. The smallest absolute Gasteiger partial charge is 0.168 e. The molecule has 0 aliphatic heterocycles. The van der Waals surface area contributed by atoms with E-state index < -0.39 is 0 Å². The van der Waals surface area contributed by atoms with Gasteiger partial charge >= 0.3 is 0 Å². The van der Waals surface area contributed by atoms with E-state index in [9.17, 15) is 0 Å². The predicted octanol–water partition coefficient (Wildman–Crippen LogP) is 0.480. The molecule has 0 bridgehead atoms. The van der Waals surface area contributed by atoms with E-state index in [1.165, 1.54) is 0 Å². The van der Waals surface area contributed by atoms with Gasteiger partial charge in [-0.15, -0.1) is 0 Å². The molecule has 0 amide bonds. The summed E-state index contributed by atoms with van der Waals surface area (Å²) >= 11 is 5.35. The third kappa shape index (κ3) is 11.1. The molecule has 5 nitrogen and oxygen atoms in total. The number of nitrogens with one attached hydrogen (secondary N) is 1.